The summed E-state index contributed by atoms with van der Waals surface area (Å²) in [5.74, 6) is -4.48. The highest BCUT2D eigenvalue weighted by Gasteiger charge is 2.61. The maximum absolute atomic E-state index is 12.4. The fourth-order valence-electron chi connectivity index (χ4n) is 3.12. The van der Waals surface area contributed by atoms with Gasteiger partial charge in [0.1, 0.15) is 23.5 Å². The first-order valence-corrected chi connectivity index (χ1v) is 10.4. The van der Waals surface area contributed by atoms with Crippen LogP contribution >= 0.6 is 23.4 Å². The van der Waals surface area contributed by atoms with Crippen LogP contribution in [0, 0.1) is 0 Å². The summed E-state index contributed by atoms with van der Waals surface area (Å²) in [4.78, 5) is 45.4. The first-order chi connectivity index (χ1) is 14.7. The summed E-state index contributed by atoms with van der Waals surface area (Å²) in [6.45, 7) is 1.60. The summed E-state index contributed by atoms with van der Waals surface area (Å²) in [5, 5.41) is 18.7. The summed E-state index contributed by atoms with van der Waals surface area (Å²) < 4.78 is 31.7. The maximum Gasteiger partial charge on any atom is 0.490 e. The number of alkyl halides is 4. The number of carboxylic acids is 2. The van der Waals surface area contributed by atoms with Crippen molar-refractivity contribution in [2.45, 2.75) is 41.5 Å². The Morgan fingerprint density at radius 3 is 2.28 bits per heavy atom. The first-order valence-electron chi connectivity index (χ1n) is 8.95. The second kappa shape index (κ2) is 9.55. The van der Waals surface area contributed by atoms with Crippen LogP contribution in [-0.2, 0) is 19.2 Å². The van der Waals surface area contributed by atoms with Gasteiger partial charge in [-0.2, -0.15) is 13.2 Å². The Morgan fingerprint density at radius 2 is 1.81 bits per heavy atom. The van der Waals surface area contributed by atoms with Gasteiger partial charge >= 0.3 is 18.1 Å². The molecule has 5 atom stereocenters. The Balaban J connectivity index is 0.000000451. The van der Waals surface area contributed by atoms with Crippen molar-refractivity contribution in [3.63, 3.8) is 0 Å². The van der Waals surface area contributed by atoms with E-state index in [-0.39, 0.29) is 0 Å². The van der Waals surface area contributed by atoms with Gasteiger partial charge in [-0.15, -0.1) is 23.4 Å². The van der Waals surface area contributed by atoms with Crippen LogP contribution in [0.15, 0.2) is 30.3 Å². The van der Waals surface area contributed by atoms with E-state index in [1.165, 1.54) is 16.7 Å². The number of carboxylic acid groups (broad SMARTS) is 2. The number of nitrogens with two attached hydrogens (primary N) is 1. The molecule has 2 aliphatic heterocycles. The summed E-state index contributed by atoms with van der Waals surface area (Å²) in [6.07, 6.45) is -5.08. The lowest BCUT2D eigenvalue weighted by Gasteiger charge is -2.55. The molecule has 0 saturated carbocycles. The van der Waals surface area contributed by atoms with Gasteiger partial charge in [0, 0.05) is 5.75 Å². The van der Waals surface area contributed by atoms with Crippen molar-refractivity contribution >= 4 is 47.1 Å². The molecule has 0 aliphatic carbocycles. The highest BCUT2D eigenvalue weighted by atomic mass is 35.5. The van der Waals surface area contributed by atoms with Crippen LogP contribution in [-0.4, -0.2) is 73.1 Å². The van der Waals surface area contributed by atoms with Crippen molar-refractivity contribution in [1.82, 2.24) is 10.2 Å². The Morgan fingerprint density at radius 1 is 1.28 bits per heavy atom. The summed E-state index contributed by atoms with van der Waals surface area (Å²) in [7, 11) is 0. The Bertz CT molecular complexity index is 902. The number of hydrogen-bond donors (Lipinski definition) is 4. The van der Waals surface area contributed by atoms with Gasteiger partial charge < -0.3 is 26.2 Å². The maximum atomic E-state index is 12.4. The number of carbonyl (C=O) groups is 4. The van der Waals surface area contributed by atoms with Crippen molar-refractivity contribution in [3.8, 4) is 0 Å². The highest BCUT2D eigenvalue weighted by Crippen LogP contribution is 2.45. The van der Waals surface area contributed by atoms with E-state index in [0.717, 1.165) is 0 Å². The van der Waals surface area contributed by atoms with Gasteiger partial charge in [0.2, 0.25) is 11.8 Å². The third-order valence-corrected chi connectivity index (χ3v) is 6.79. The fourth-order valence-corrected chi connectivity index (χ4v) is 4.92. The molecule has 0 radical (unpaired) electrons. The molecule has 9 nitrogen and oxygen atoms in total. The van der Waals surface area contributed by atoms with Gasteiger partial charge in [0.05, 0.1) is 4.87 Å². The number of thioether (sulfide) groups is 1. The molecule has 1 aromatic carbocycles. The van der Waals surface area contributed by atoms with Gasteiger partial charge in [0.25, 0.3) is 0 Å². The molecule has 2 aliphatic rings. The molecule has 3 rings (SSSR count). The number of fused-ring (bicyclic) bond motifs is 1. The molecule has 2 heterocycles. The van der Waals surface area contributed by atoms with Gasteiger partial charge in [-0.05, 0) is 12.5 Å². The number of amides is 2. The molecular weight excluding hydrogens is 479 g/mol. The van der Waals surface area contributed by atoms with Gasteiger partial charge in [-0.25, -0.2) is 9.59 Å². The number of aliphatic carboxylic acids is 2. The smallest absolute Gasteiger partial charge is 0.480 e. The summed E-state index contributed by atoms with van der Waals surface area (Å²) in [5.41, 5.74) is 6.57. The van der Waals surface area contributed by atoms with E-state index in [2.05, 4.69) is 5.32 Å². The van der Waals surface area contributed by atoms with Crippen LogP contribution < -0.4 is 11.1 Å². The number of hydrogen-bond acceptors (Lipinski definition) is 6. The molecule has 0 spiro atoms. The lowest BCUT2D eigenvalue weighted by Crippen LogP contribution is -2.78. The normalized spacial score (nSPS) is 27.8. The second-order valence-electron chi connectivity index (χ2n) is 7.14. The first kappa shape index (κ1) is 25.7. The Labute approximate surface area is 189 Å². The molecule has 176 valence electrons. The van der Waals surface area contributed by atoms with E-state index in [1.54, 1.807) is 31.2 Å². The predicted molar refractivity (Wildman–Crippen MR) is 108 cm³/mol. The van der Waals surface area contributed by atoms with Gasteiger partial charge in [-0.3, -0.25) is 9.59 Å². The average Bonchev–Trinajstić information content (AvgIpc) is 2.70. The van der Waals surface area contributed by atoms with Crippen molar-refractivity contribution in [3.05, 3.63) is 35.9 Å². The zero-order valence-corrected chi connectivity index (χ0v) is 17.9. The van der Waals surface area contributed by atoms with E-state index in [9.17, 15) is 32.7 Å². The Hall–Kier alpha value is -2.51. The van der Waals surface area contributed by atoms with Crippen molar-refractivity contribution in [2.75, 3.05) is 5.75 Å². The lowest BCUT2D eigenvalue weighted by atomic mass is 9.94. The summed E-state index contributed by atoms with van der Waals surface area (Å²) >= 11 is 7.63. The van der Waals surface area contributed by atoms with Crippen LogP contribution in [0.5, 0.6) is 0 Å². The molecule has 0 aromatic heterocycles. The molecule has 1 aromatic rings. The Kier molecular flexibility index (Phi) is 7.68. The van der Waals surface area contributed by atoms with Crippen molar-refractivity contribution in [2.24, 2.45) is 5.73 Å². The lowest BCUT2D eigenvalue weighted by molar-refractivity contribution is -0.192. The molecular formula is C18H19ClF3N3O6S. The van der Waals surface area contributed by atoms with Crippen molar-refractivity contribution in [1.29, 1.82) is 0 Å². The number of halogens is 4. The molecule has 2 fully saturated rings. The number of nitrogens with zero attached hydrogens (tertiary/aromatic N) is 1. The predicted octanol–water partition coefficient (Wildman–Crippen LogP) is 1.17. The number of benzene rings is 1. The minimum atomic E-state index is -5.08. The molecule has 0 bridgehead atoms. The standard InChI is InChI=1S/C16H18ClN3O4S.C2HF3O2/c1-16(17)7-25-14-10(13(22)20(14)11(16)15(23)24)19-12(21)9(18)8-5-3-2-4-6-8;3-2(4,5)1(6)7/h2-6,9-11,14H,7,18H2,1H3,(H,19,21)(H,23,24);(H,6,7)/t9?,10-,11+,14+,16-;/m1./s1. The minimum absolute atomic E-state index is 0.358. The van der Waals surface area contributed by atoms with Gasteiger partial charge in [-0.1, -0.05) is 30.3 Å². The van der Waals surface area contributed by atoms with Crippen LogP contribution in [0.2, 0.25) is 0 Å². The fraction of sp³-hybridized carbons (Fsp3) is 0.444. The zero-order valence-electron chi connectivity index (χ0n) is 16.4. The second-order valence-corrected chi connectivity index (χ2v) is 9.11. The van der Waals surface area contributed by atoms with Crippen LogP contribution in [0.25, 0.3) is 0 Å². The minimum Gasteiger partial charge on any atom is -0.480 e. The van der Waals surface area contributed by atoms with Crippen molar-refractivity contribution < 1.29 is 42.6 Å². The highest BCUT2D eigenvalue weighted by molar-refractivity contribution is 8.00. The van der Waals surface area contributed by atoms with E-state index in [4.69, 9.17) is 27.2 Å². The van der Waals surface area contributed by atoms with E-state index >= 15 is 0 Å². The number of β-lactam (4-membered cyclic amide) rings is 1. The van der Waals surface area contributed by atoms with E-state index < -0.39 is 58.3 Å². The van der Waals surface area contributed by atoms with E-state index in [0.29, 0.717) is 11.3 Å². The third-order valence-electron chi connectivity index (χ3n) is 4.68. The van der Waals surface area contributed by atoms with Crippen LogP contribution in [0.1, 0.15) is 18.5 Å². The number of nitrogens with one attached hydrogen (secondary N) is 1. The van der Waals surface area contributed by atoms with Crippen LogP contribution in [0.4, 0.5) is 13.2 Å². The zero-order chi connectivity index (χ0) is 24.4. The van der Waals surface area contributed by atoms with Gasteiger partial charge in [0.15, 0.2) is 0 Å². The molecule has 1 unspecified atom stereocenters. The number of rotatable bonds is 4. The monoisotopic (exact) mass is 497 g/mol. The third kappa shape index (κ3) is 5.45. The SMILES string of the molecule is C[C@@]1(Cl)CS[C@H]2[C@H](NC(=O)C(N)c3ccccc3)C(=O)N2[C@H]1C(=O)O.O=C(O)C(F)(F)F. The number of carbonyl (C=O) groups excluding carboxylic acids is 2. The largest absolute Gasteiger partial charge is 0.490 e. The summed E-state index contributed by atoms with van der Waals surface area (Å²) in [6, 6.07) is 6.01. The quantitative estimate of drug-likeness (QED) is 0.357. The van der Waals surface area contributed by atoms with Crippen LogP contribution in [0.3, 0.4) is 0 Å². The molecule has 5 N–H and O–H groups in total. The molecule has 14 heteroatoms. The van der Waals surface area contributed by atoms with E-state index in [1.807, 2.05) is 6.07 Å². The topological polar surface area (TPSA) is 150 Å². The molecule has 2 saturated heterocycles. The molecule has 2 amide bonds. The molecule has 32 heavy (non-hydrogen) atoms. The average molecular weight is 498 g/mol.